The molecule has 8 nitrogen and oxygen atoms in total. The number of rotatable bonds is 6. The molecule has 0 fully saturated rings. The van der Waals surface area contributed by atoms with Crippen LogP contribution >= 0.6 is 0 Å². The highest BCUT2D eigenvalue weighted by molar-refractivity contribution is 5.94. The monoisotopic (exact) mass is 380 g/mol. The molecule has 8 heteroatoms. The van der Waals surface area contributed by atoms with Gasteiger partial charge in [-0.15, -0.1) is 0 Å². The van der Waals surface area contributed by atoms with Gasteiger partial charge in [0, 0.05) is 23.3 Å². The van der Waals surface area contributed by atoms with Crippen LogP contribution in [0.5, 0.6) is 0 Å². The van der Waals surface area contributed by atoms with Crippen molar-refractivity contribution < 1.29 is 14.2 Å². The van der Waals surface area contributed by atoms with Crippen molar-refractivity contribution in [1.29, 1.82) is 0 Å². The molecule has 0 unspecified atom stereocenters. The number of aryl methyl sites for hydroxylation is 1. The summed E-state index contributed by atoms with van der Waals surface area (Å²) in [5.74, 6) is 0.229. The number of aromatic nitrogens is 2. The van der Waals surface area contributed by atoms with Gasteiger partial charge in [-0.3, -0.25) is 14.9 Å². The average Bonchev–Trinajstić information content (AvgIpc) is 3.16. The molecule has 0 aliphatic carbocycles. The molecule has 1 heterocycles. The standard InChI is InChI=1S/C20H20N4O4/c1-12(2)17(21-19(25)14-9-7-13(3)8-10-14)20-22-18(23-28-20)15-5-4-6-16(11-15)24(26)27/h4-12,17H,1-3H3,(H,21,25)/t17-/m0/s1. The van der Waals surface area contributed by atoms with Gasteiger partial charge in [0.15, 0.2) is 0 Å². The zero-order valence-electron chi connectivity index (χ0n) is 15.7. The molecule has 3 rings (SSSR count). The zero-order valence-corrected chi connectivity index (χ0v) is 15.7. The summed E-state index contributed by atoms with van der Waals surface area (Å²) in [5.41, 5.74) is 2.01. The highest BCUT2D eigenvalue weighted by Crippen LogP contribution is 2.26. The first-order valence-electron chi connectivity index (χ1n) is 8.81. The van der Waals surface area contributed by atoms with Crippen LogP contribution in [-0.2, 0) is 0 Å². The van der Waals surface area contributed by atoms with Crippen molar-refractivity contribution >= 4 is 11.6 Å². The van der Waals surface area contributed by atoms with Crippen molar-refractivity contribution in [2.24, 2.45) is 5.92 Å². The highest BCUT2D eigenvalue weighted by Gasteiger charge is 2.25. The Kier molecular flexibility index (Phi) is 5.49. The molecule has 28 heavy (non-hydrogen) atoms. The lowest BCUT2D eigenvalue weighted by atomic mass is 10.0. The van der Waals surface area contributed by atoms with E-state index in [0.717, 1.165) is 5.56 Å². The molecule has 2 aromatic carbocycles. The predicted octanol–water partition coefficient (Wildman–Crippen LogP) is 4.08. The molecule has 1 amide bonds. The molecule has 1 N–H and O–H groups in total. The lowest BCUT2D eigenvalue weighted by molar-refractivity contribution is -0.384. The van der Waals surface area contributed by atoms with E-state index in [1.807, 2.05) is 32.9 Å². The summed E-state index contributed by atoms with van der Waals surface area (Å²) in [6.07, 6.45) is 0. The number of non-ortho nitro benzene ring substituents is 1. The fourth-order valence-corrected chi connectivity index (χ4v) is 2.68. The van der Waals surface area contributed by atoms with Crippen LogP contribution in [0, 0.1) is 23.0 Å². The zero-order chi connectivity index (χ0) is 20.3. The van der Waals surface area contributed by atoms with Gasteiger partial charge in [0.2, 0.25) is 11.7 Å². The number of hydrogen-bond donors (Lipinski definition) is 1. The second kappa shape index (κ2) is 7.99. The molecule has 0 aliphatic rings. The van der Waals surface area contributed by atoms with E-state index < -0.39 is 11.0 Å². The minimum absolute atomic E-state index is 0.00666. The number of nitro groups is 1. The Morgan fingerprint density at radius 3 is 2.54 bits per heavy atom. The molecule has 0 radical (unpaired) electrons. The van der Waals surface area contributed by atoms with E-state index in [4.69, 9.17) is 4.52 Å². The summed E-state index contributed by atoms with van der Waals surface area (Å²) in [7, 11) is 0. The normalized spacial score (nSPS) is 12.0. The highest BCUT2D eigenvalue weighted by atomic mass is 16.6. The summed E-state index contributed by atoms with van der Waals surface area (Å²) >= 11 is 0. The number of carbonyl (C=O) groups is 1. The summed E-state index contributed by atoms with van der Waals surface area (Å²) < 4.78 is 5.35. The lowest BCUT2D eigenvalue weighted by Gasteiger charge is -2.18. The molecule has 1 atom stereocenters. The van der Waals surface area contributed by atoms with Crippen molar-refractivity contribution in [3.63, 3.8) is 0 Å². The number of benzene rings is 2. The number of nitrogens with one attached hydrogen (secondary N) is 1. The van der Waals surface area contributed by atoms with E-state index in [1.54, 1.807) is 24.3 Å². The van der Waals surface area contributed by atoms with E-state index in [-0.39, 0.29) is 29.2 Å². The molecule has 0 spiro atoms. The summed E-state index contributed by atoms with van der Waals surface area (Å²) in [6, 6.07) is 12.7. The van der Waals surface area contributed by atoms with Gasteiger partial charge in [-0.2, -0.15) is 4.98 Å². The molecular formula is C20H20N4O4. The second-order valence-corrected chi connectivity index (χ2v) is 6.82. The lowest BCUT2D eigenvalue weighted by Crippen LogP contribution is -2.32. The number of nitro benzene ring substituents is 1. The Bertz CT molecular complexity index is 995. The first kappa shape index (κ1) is 19.2. The van der Waals surface area contributed by atoms with Gasteiger partial charge >= 0.3 is 0 Å². The minimum Gasteiger partial charge on any atom is -0.340 e. The van der Waals surface area contributed by atoms with Crippen molar-refractivity contribution in [2.75, 3.05) is 0 Å². The van der Waals surface area contributed by atoms with Gasteiger partial charge in [0.05, 0.1) is 4.92 Å². The first-order chi connectivity index (χ1) is 13.3. The Balaban J connectivity index is 1.84. The van der Waals surface area contributed by atoms with Gasteiger partial charge in [-0.05, 0) is 25.0 Å². The van der Waals surface area contributed by atoms with Gasteiger partial charge < -0.3 is 9.84 Å². The molecule has 144 valence electrons. The third-order valence-electron chi connectivity index (χ3n) is 4.29. The summed E-state index contributed by atoms with van der Waals surface area (Å²) in [5, 5.41) is 17.8. The van der Waals surface area contributed by atoms with Crippen molar-refractivity contribution in [3.05, 3.63) is 75.7 Å². The fourth-order valence-electron chi connectivity index (χ4n) is 2.68. The largest absolute Gasteiger partial charge is 0.340 e. The maximum atomic E-state index is 12.6. The Labute approximate surface area is 161 Å². The summed E-state index contributed by atoms with van der Waals surface area (Å²) in [4.78, 5) is 27.4. The van der Waals surface area contributed by atoms with Gasteiger partial charge in [0.1, 0.15) is 6.04 Å². The molecule has 3 aromatic rings. The predicted molar refractivity (Wildman–Crippen MR) is 103 cm³/mol. The van der Waals surface area contributed by atoms with Crippen LogP contribution in [0.25, 0.3) is 11.4 Å². The number of nitrogens with zero attached hydrogens (tertiary/aromatic N) is 3. The topological polar surface area (TPSA) is 111 Å². The second-order valence-electron chi connectivity index (χ2n) is 6.82. The van der Waals surface area contributed by atoms with Crippen LogP contribution in [0.3, 0.4) is 0 Å². The quantitative estimate of drug-likeness (QED) is 0.509. The average molecular weight is 380 g/mol. The smallest absolute Gasteiger partial charge is 0.270 e. The third-order valence-corrected chi connectivity index (χ3v) is 4.29. The number of carbonyl (C=O) groups excluding carboxylic acids is 1. The van der Waals surface area contributed by atoms with Crippen LogP contribution in [0.4, 0.5) is 5.69 Å². The summed E-state index contributed by atoms with van der Waals surface area (Å²) in [6.45, 7) is 5.81. The van der Waals surface area contributed by atoms with E-state index >= 15 is 0 Å². The van der Waals surface area contributed by atoms with Gasteiger partial charge in [-0.25, -0.2) is 0 Å². The Morgan fingerprint density at radius 1 is 1.18 bits per heavy atom. The Morgan fingerprint density at radius 2 is 1.89 bits per heavy atom. The SMILES string of the molecule is Cc1ccc(C(=O)N[C@H](c2nc(-c3cccc([N+](=O)[O-])c3)no2)C(C)C)cc1. The van der Waals surface area contributed by atoms with Gasteiger partial charge in [0.25, 0.3) is 11.6 Å². The van der Waals surface area contributed by atoms with Crippen molar-refractivity contribution in [3.8, 4) is 11.4 Å². The van der Waals surface area contributed by atoms with Gasteiger partial charge in [-0.1, -0.05) is 48.8 Å². The third kappa shape index (κ3) is 4.22. The van der Waals surface area contributed by atoms with Crippen LogP contribution in [0.2, 0.25) is 0 Å². The van der Waals surface area contributed by atoms with Crippen LogP contribution in [-0.4, -0.2) is 21.0 Å². The minimum atomic E-state index is -0.492. The van der Waals surface area contributed by atoms with E-state index in [2.05, 4.69) is 15.5 Å². The molecule has 1 aromatic heterocycles. The van der Waals surface area contributed by atoms with Crippen LogP contribution in [0.1, 0.15) is 41.7 Å². The van der Waals surface area contributed by atoms with E-state index in [1.165, 1.54) is 12.1 Å². The maximum absolute atomic E-state index is 12.6. The van der Waals surface area contributed by atoms with Crippen molar-refractivity contribution in [2.45, 2.75) is 26.8 Å². The molecule has 0 saturated heterocycles. The first-order valence-corrected chi connectivity index (χ1v) is 8.81. The van der Waals surface area contributed by atoms with E-state index in [9.17, 15) is 14.9 Å². The Hall–Kier alpha value is -3.55. The van der Waals surface area contributed by atoms with Crippen molar-refractivity contribution in [1.82, 2.24) is 15.5 Å². The van der Waals surface area contributed by atoms with E-state index in [0.29, 0.717) is 11.1 Å². The number of amides is 1. The molecule has 0 bridgehead atoms. The molecule has 0 saturated carbocycles. The fraction of sp³-hybridized carbons (Fsp3) is 0.250. The van der Waals surface area contributed by atoms with Crippen LogP contribution in [0.15, 0.2) is 53.1 Å². The van der Waals surface area contributed by atoms with Crippen LogP contribution < -0.4 is 5.32 Å². The molecule has 0 aliphatic heterocycles. The molecular weight excluding hydrogens is 360 g/mol. The maximum Gasteiger partial charge on any atom is 0.270 e. The number of hydrogen-bond acceptors (Lipinski definition) is 6.